The molecule has 1 aromatic heterocycles. The highest BCUT2D eigenvalue weighted by atomic mass is 35.5. The number of ether oxygens (including phenoxy) is 2. The van der Waals surface area contributed by atoms with Gasteiger partial charge in [0.2, 0.25) is 5.16 Å². The molecule has 0 spiro atoms. The molecule has 0 atom stereocenters. The lowest BCUT2D eigenvalue weighted by atomic mass is 10.1. The lowest BCUT2D eigenvalue weighted by molar-refractivity contribution is 0.283. The fraction of sp³-hybridized carbons (Fsp3) is 0.269. The maximum Gasteiger partial charge on any atom is 0.214 e. The summed E-state index contributed by atoms with van der Waals surface area (Å²) in [6.45, 7) is 4.01. The largest absolute Gasteiger partial charge is 0.493 e. The molecule has 0 saturated carbocycles. The predicted octanol–water partition coefficient (Wildman–Crippen LogP) is 5.48. The highest BCUT2D eigenvalue weighted by Crippen LogP contribution is 2.34. The first-order valence-corrected chi connectivity index (χ1v) is 12.7. The summed E-state index contributed by atoms with van der Waals surface area (Å²) in [7, 11) is 1.64. The van der Waals surface area contributed by atoms with Crippen LogP contribution in [0.25, 0.3) is 5.69 Å². The molecule has 0 unspecified atom stereocenters. The van der Waals surface area contributed by atoms with Crippen LogP contribution in [-0.4, -0.2) is 39.6 Å². The van der Waals surface area contributed by atoms with Gasteiger partial charge < -0.3 is 14.8 Å². The minimum atomic E-state index is 0.460. The molecule has 0 aliphatic carbocycles. The minimum Gasteiger partial charge on any atom is -0.493 e. The Morgan fingerprint density at radius 1 is 1.00 bits per heavy atom. The van der Waals surface area contributed by atoms with Crippen LogP contribution in [0.5, 0.6) is 11.5 Å². The quantitative estimate of drug-likeness (QED) is 0.200. The number of thioether (sulfide) groups is 1. The van der Waals surface area contributed by atoms with Crippen molar-refractivity contribution in [2.45, 2.75) is 31.7 Å². The zero-order valence-corrected chi connectivity index (χ0v) is 21.4. The summed E-state index contributed by atoms with van der Waals surface area (Å²) in [5.74, 6) is 2.20. The van der Waals surface area contributed by atoms with Gasteiger partial charge in [0.1, 0.15) is 6.61 Å². The van der Waals surface area contributed by atoms with Crippen molar-refractivity contribution in [3.05, 3.63) is 88.4 Å². The SMILES string of the molecule is COc1cc(CNCCCSc2nnnn2-c2ccccc2)c(Cl)cc1OCc1ccccc1C. The van der Waals surface area contributed by atoms with Crippen molar-refractivity contribution >= 4 is 23.4 Å². The number of hydrogen-bond acceptors (Lipinski definition) is 7. The molecule has 35 heavy (non-hydrogen) atoms. The van der Waals surface area contributed by atoms with Crippen molar-refractivity contribution in [2.75, 3.05) is 19.4 Å². The Morgan fingerprint density at radius 3 is 2.60 bits per heavy atom. The van der Waals surface area contributed by atoms with E-state index in [1.165, 1.54) is 5.56 Å². The summed E-state index contributed by atoms with van der Waals surface area (Å²) in [6.07, 6.45) is 0.957. The second-order valence-electron chi connectivity index (χ2n) is 7.90. The van der Waals surface area contributed by atoms with E-state index >= 15 is 0 Å². The summed E-state index contributed by atoms with van der Waals surface area (Å²) in [5.41, 5.74) is 4.24. The summed E-state index contributed by atoms with van der Waals surface area (Å²) >= 11 is 8.18. The van der Waals surface area contributed by atoms with E-state index in [-0.39, 0.29) is 0 Å². The van der Waals surface area contributed by atoms with Crippen LogP contribution < -0.4 is 14.8 Å². The molecule has 3 aromatic carbocycles. The molecule has 1 heterocycles. The Balaban J connectivity index is 1.25. The van der Waals surface area contributed by atoms with E-state index in [9.17, 15) is 0 Å². The van der Waals surface area contributed by atoms with Gasteiger partial charge in [0.25, 0.3) is 0 Å². The number of nitrogens with one attached hydrogen (secondary N) is 1. The number of hydrogen-bond donors (Lipinski definition) is 1. The maximum absolute atomic E-state index is 6.55. The van der Waals surface area contributed by atoms with E-state index in [4.69, 9.17) is 21.1 Å². The van der Waals surface area contributed by atoms with Gasteiger partial charge in [-0.2, -0.15) is 4.68 Å². The average molecular weight is 510 g/mol. The number of aryl methyl sites for hydroxylation is 1. The standard InChI is InChI=1S/C26H28ClN5O2S/c1-19-9-6-7-10-20(19)18-34-25-16-23(27)21(15-24(25)33-2)17-28-13-8-14-35-26-29-30-31-32(26)22-11-4-3-5-12-22/h3-7,9-12,15-16,28H,8,13-14,17-18H2,1-2H3. The van der Waals surface area contributed by atoms with E-state index < -0.39 is 0 Å². The number of rotatable bonds is 12. The first-order chi connectivity index (χ1) is 17.2. The molecule has 7 nitrogen and oxygen atoms in total. The van der Waals surface area contributed by atoms with E-state index in [1.807, 2.05) is 54.6 Å². The second-order valence-corrected chi connectivity index (χ2v) is 9.37. The van der Waals surface area contributed by atoms with Gasteiger partial charge >= 0.3 is 0 Å². The Hall–Kier alpha value is -3.07. The number of tetrazole rings is 1. The van der Waals surface area contributed by atoms with Crippen LogP contribution in [-0.2, 0) is 13.2 Å². The van der Waals surface area contributed by atoms with Crippen molar-refractivity contribution in [3.8, 4) is 17.2 Å². The van der Waals surface area contributed by atoms with E-state index in [0.29, 0.717) is 29.7 Å². The van der Waals surface area contributed by atoms with Crippen LogP contribution in [0.4, 0.5) is 0 Å². The fourth-order valence-electron chi connectivity index (χ4n) is 3.50. The summed E-state index contributed by atoms with van der Waals surface area (Å²) in [6, 6.07) is 21.8. The molecular weight excluding hydrogens is 482 g/mol. The normalized spacial score (nSPS) is 10.9. The zero-order chi connectivity index (χ0) is 24.5. The van der Waals surface area contributed by atoms with Crippen molar-refractivity contribution in [2.24, 2.45) is 0 Å². The summed E-state index contributed by atoms with van der Waals surface area (Å²) in [5, 5.41) is 16.9. The van der Waals surface area contributed by atoms with Crippen molar-refractivity contribution in [3.63, 3.8) is 0 Å². The molecule has 0 radical (unpaired) electrons. The monoisotopic (exact) mass is 509 g/mol. The van der Waals surface area contributed by atoms with E-state index in [0.717, 1.165) is 40.7 Å². The first kappa shape index (κ1) is 25.0. The Kier molecular flexibility index (Phi) is 9.00. The molecule has 182 valence electrons. The molecule has 0 saturated heterocycles. The average Bonchev–Trinajstić information content (AvgIpc) is 3.35. The van der Waals surface area contributed by atoms with Gasteiger partial charge in [-0.25, -0.2) is 0 Å². The number of nitrogens with zero attached hydrogens (tertiary/aromatic N) is 4. The third-order valence-corrected chi connectivity index (χ3v) is 6.82. The first-order valence-electron chi connectivity index (χ1n) is 11.4. The van der Waals surface area contributed by atoms with Crippen molar-refractivity contribution in [1.82, 2.24) is 25.5 Å². The van der Waals surface area contributed by atoms with Crippen molar-refractivity contribution in [1.29, 1.82) is 0 Å². The van der Waals surface area contributed by atoms with E-state index in [1.54, 1.807) is 23.6 Å². The van der Waals surface area contributed by atoms with Gasteiger partial charge in [-0.1, -0.05) is 65.8 Å². The topological polar surface area (TPSA) is 74.1 Å². The maximum atomic E-state index is 6.55. The molecule has 4 aromatic rings. The van der Waals surface area contributed by atoms with Gasteiger partial charge in [0.15, 0.2) is 11.5 Å². The number of para-hydroxylation sites is 1. The lowest BCUT2D eigenvalue weighted by Gasteiger charge is -2.15. The van der Waals surface area contributed by atoms with Crippen molar-refractivity contribution < 1.29 is 9.47 Å². The van der Waals surface area contributed by atoms with Gasteiger partial charge in [-0.15, -0.1) is 5.10 Å². The molecule has 0 fully saturated rings. The smallest absolute Gasteiger partial charge is 0.214 e. The number of halogens is 1. The van der Waals surface area contributed by atoms with Crippen LogP contribution in [0.2, 0.25) is 5.02 Å². The van der Waals surface area contributed by atoms with Crippen LogP contribution >= 0.6 is 23.4 Å². The van der Waals surface area contributed by atoms with Crippen LogP contribution in [0.15, 0.2) is 71.9 Å². The van der Waals surface area contributed by atoms with Gasteiger partial charge in [0.05, 0.1) is 12.8 Å². The Bertz CT molecular complexity index is 1240. The fourth-order valence-corrected chi connectivity index (χ4v) is 4.55. The molecule has 0 amide bonds. The zero-order valence-electron chi connectivity index (χ0n) is 19.8. The summed E-state index contributed by atoms with van der Waals surface area (Å²) in [4.78, 5) is 0. The lowest BCUT2D eigenvalue weighted by Crippen LogP contribution is -2.16. The highest BCUT2D eigenvalue weighted by Gasteiger charge is 2.12. The number of benzene rings is 3. The van der Waals surface area contributed by atoms with Gasteiger partial charge in [-0.05, 0) is 65.2 Å². The third-order valence-electron chi connectivity index (χ3n) is 5.46. The van der Waals surface area contributed by atoms with Gasteiger partial charge in [-0.3, -0.25) is 0 Å². The van der Waals surface area contributed by atoms with Crippen LogP contribution in [0, 0.1) is 6.92 Å². The Labute approximate surface area is 214 Å². The number of methoxy groups -OCH3 is 1. The van der Waals surface area contributed by atoms with E-state index in [2.05, 4.69) is 39.9 Å². The predicted molar refractivity (Wildman–Crippen MR) is 140 cm³/mol. The van der Waals surface area contributed by atoms with Crippen LogP contribution in [0.1, 0.15) is 23.1 Å². The summed E-state index contributed by atoms with van der Waals surface area (Å²) < 4.78 is 13.3. The minimum absolute atomic E-state index is 0.460. The van der Waals surface area contributed by atoms with Crippen LogP contribution in [0.3, 0.4) is 0 Å². The molecule has 0 aliphatic heterocycles. The molecule has 0 bridgehead atoms. The second kappa shape index (κ2) is 12.6. The molecule has 4 rings (SSSR count). The molecule has 1 N–H and O–H groups in total. The molecular formula is C26H28ClN5O2S. The third kappa shape index (κ3) is 6.75. The Morgan fingerprint density at radius 2 is 1.80 bits per heavy atom. The highest BCUT2D eigenvalue weighted by molar-refractivity contribution is 7.99. The number of aromatic nitrogens is 4. The molecule has 9 heteroatoms. The van der Waals surface area contributed by atoms with Gasteiger partial charge in [0, 0.05) is 23.4 Å². The molecule has 0 aliphatic rings.